The first-order valence-electron chi connectivity index (χ1n) is 8.87. The lowest BCUT2D eigenvalue weighted by Gasteiger charge is -2.06. The smallest absolute Gasteiger partial charge is 0.341 e. The zero-order valence-electron chi connectivity index (χ0n) is 15.6. The summed E-state index contributed by atoms with van der Waals surface area (Å²) < 4.78 is 15.8. The van der Waals surface area contributed by atoms with Crippen molar-refractivity contribution in [2.24, 2.45) is 0 Å². The molecule has 1 aromatic carbocycles. The zero-order valence-corrected chi connectivity index (χ0v) is 16.4. The number of nitrogens with zero attached hydrogens (tertiary/aromatic N) is 3. The Labute approximate surface area is 171 Å². The van der Waals surface area contributed by atoms with Gasteiger partial charge in [0.1, 0.15) is 23.1 Å². The fourth-order valence-electron chi connectivity index (χ4n) is 2.63. The molecule has 0 aliphatic rings. The van der Waals surface area contributed by atoms with Crippen LogP contribution in [0.1, 0.15) is 27.5 Å². The number of aryl methyl sites for hydroxylation is 1. The molecule has 0 radical (unpaired) electrons. The molecule has 0 saturated carbocycles. The van der Waals surface area contributed by atoms with Crippen molar-refractivity contribution >= 4 is 17.7 Å². The molecule has 0 spiro atoms. The van der Waals surface area contributed by atoms with Crippen molar-refractivity contribution in [3.8, 4) is 11.3 Å². The maximum absolute atomic E-state index is 12.6. The van der Waals surface area contributed by atoms with Crippen molar-refractivity contribution < 1.29 is 18.6 Å². The van der Waals surface area contributed by atoms with E-state index >= 15 is 0 Å². The van der Waals surface area contributed by atoms with E-state index in [4.69, 9.17) is 13.8 Å². The van der Waals surface area contributed by atoms with Gasteiger partial charge in [-0.1, -0.05) is 52.4 Å². The van der Waals surface area contributed by atoms with Crippen LogP contribution in [0.2, 0.25) is 0 Å². The number of carbonyl (C=O) groups is 1. The fraction of sp³-hybridized carbons (Fsp3) is 0.143. The van der Waals surface area contributed by atoms with E-state index in [2.05, 4.69) is 15.3 Å². The number of hydrogen-bond acceptors (Lipinski definition) is 8. The topological polar surface area (TPSA) is 91.2 Å². The Morgan fingerprint density at radius 3 is 2.66 bits per heavy atom. The van der Waals surface area contributed by atoms with Gasteiger partial charge in [0.2, 0.25) is 0 Å². The Bertz CT molecular complexity index is 1110. The van der Waals surface area contributed by atoms with Gasteiger partial charge in [0.05, 0.1) is 11.3 Å². The maximum Gasteiger partial charge on any atom is 0.341 e. The van der Waals surface area contributed by atoms with E-state index < -0.39 is 5.97 Å². The van der Waals surface area contributed by atoms with Gasteiger partial charge in [-0.15, -0.1) is 0 Å². The van der Waals surface area contributed by atoms with E-state index in [0.717, 1.165) is 17.0 Å². The average Bonchev–Trinajstić information content (AvgIpc) is 3.40. The number of benzene rings is 1. The molecule has 0 fully saturated rings. The van der Waals surface area contributed by atoms with Crippen molar-refractivity contribution in [2.45, 2.75) is 24.3 Å². The normalized spacial score (nSPS) is 10.8. The van der Waals surface area contributed by atoms with Crippen molar-refractivity contribution in [3.05, 3.63) is 83.5 Å². The number of hydrogen-bond donors (Lipinski definition) is 0. The van der Waals surface area contributed by atoms with Gasteiger partial charge in [-0.05, 0) is 19.1 Å². The standard InChI is InChI=1S/C21H17N3O4S/c1-14-10-17(24-27-14)13-29-20-18(8-5-9-22-20)21(25)26-12-16-11-19(28-23-16)15-6-3-2-4-7-15/h2-11H,12-13H2,1H3. The summed E-state index contributed by atoms with van der Waals surface area (Å²) in [5, 5.41) is 8.49. The lowest BCUT2D eigenvalue weighted by atomic mass is 10.2. The van der Waals surface area contributed by atoms with Gasteiger partial charge in [-0.2, -0.15) is 0 Å². The molecule has 0 bridgehead atoms. The molecule has 0 atom stereocenters. The molecule has 29 heavy (non-hydrogen) atoms. The van der Waals surface area contributed by atoms with Crippen LogP contribution < -0.4 is 0 Å². The summed E-state index contributed by atoms with van der Waals surface area (Å²) >= 11 is 1.40. The third-order valence-corrected chi connectivity index (χ3v) is 5.03. The average molecular weight is 407 g/mol. The number of aromatic nitrogens is 3. The maximum atomic E-state index is 12.6. The molecule has 4 aromatic rings. The first-order chi connectivity index (χ1) is 14.2. The summed E-state index contributed by atoms with van der Waals surface area (Å²) in [6, 6.07) is 16.6. The molecule has 0 aliphatic carbocycles. The Morgan fingerprint density at radius 1 is 1.03 bits per heavy atom. The molecule has 146 valence electrons. The molecule has 0 amide bonds. The van der Waals surface area contributed by atoms with Gasteiger partial charge in [0.25, 0.3) is 0 Å². The van der Waals surface area contributed by atoms with E-state index in [1.165, 1.54) is 11.8 Å². The Hall–Kier alpha value is -3.39. The van der Waals surface area contributed by atoms with Crippen LogP contribution in [-0.4, -0.2) is 21.3 Å². The summed E-state index contributed by atoms with van der Waals surface area (Å²) in [5.74, 6) is 1.43. The lowest BCUT2D eigenvalue weighted by molar-refractivity contribution is 0.0459. The molecule has 4 rings (SSSR count). The number of carbonyl (C=O) groups excluding carboxylic acids is 1. The van der Waals surface area contributed by atoms with Gasteiger partial charge in [0, 0.05) is 29.6 Å². The van der Waals surface area contributed by atoms with Crippen LogP contribution in [0, 0.1) is 6.92 Å². The first-order valence-corrected chi connectivity index (χ1v) is 9.86. The van der Waals surface area contributed by atoms with Crippen LogP contribution >= 0.6 is 11.8 Å². The minimum absolute atomic E-state index is 0.0106. The Balaban J connectivity index is 1.39. The fourth-order valence-corrected chi connectivity index (χ4v) is 3.49. The summed E-state index contributed by atoms with van der Waals surface area (Å²) in [6.07, 6.45) is 1.64. The van der Waals surface area contributed by atoms with Crippen molar-refractivity contribution in [2.75, 3.05) is 0 Å². The molecular weight excluding hydrogens is 390 g/mol. The van der Waals surface area contributed by atoms with Crippen LogP contribution in [0.3, 0.4) is 0 Å². The van der Waals surface area contributed by atoms with Crippen molar-refractivity contribution in [1.29, 1.82) is 0 Å². The predicted molar refractivity (Wildman–Crippen MR) is 106 cm³/mol. The SMILES string of the molecule is Cc1cc(CSc2ncccc2C(=O)OCc2cc(-c3ccccc3)on2)no1. The highest BCUT2D eigenvalue weighted by molar-refractivity contribution is 7.98. The monoisotopic (exact) mass is 407 g/mol. The molecule has 3 heterocycles. The second kappa shape index (κ2) is 8.74. The molecular formula is C21H17N3O4S. The highest BCUT2D eigenvalue weighted by Crippen LogP contribution is 2.25. The van der Waals surface area contributed by atoms with Gasteiger partial charge in [-0.3, -0.25) is 0 Å². The van der Waals surface area contributed by atoms with Crippen LogP contribution in [-0.2, 0) is 17.1 Å². The third kappa shape index (κ3) is 4.72. The highest BCUT2D eigenvalue weighted by atomic mass is 32.2. The molecule has 0 aliphatic heterocycles. The quantitative estimate of drug-likeness (QED) is 0.322. The van der Waals surface area contributed by atoms with Gasteiger partial charge >= 0.3 is 5.97 Å². The third-order valence-electron chi connectivity index (χ3n) is 3.99. The summed E-state index contributed by atoms with van der Waals surface area (Å²) in [4.78, 5) is 16.9. The molecule has 8 heteroatoms. The van der Waals surface area contributed by atoms with Crippen molar-refractivity contribution in [3.63, 3.8) is 0 Å². The van der Waals surface area contributed by atoms with E-state index in [-0.39, 0.29) is 6.61 Å². The zero-order chi connectivity index (χ0) is 20.1. The Morgan fingerprint density at radius 2 is 1.86 bits per heavy atom. The number of pyridine rings is 1. The molecule has 0 N–H and O–H groups in total. The van der Waals surface area contributed by atoms with Crippen LogP contribution in [0.15, 0.2) is 74.9 Å². The molecule has 0 unspecified atom stereocenters. The van der Waals surface area contributed by atoms with E-state index in [0.29, 0.717) is 27.8 Å². The number of ether oxygens (including phenoxy) is 1. The molecule has 0 saturated heterocycles. The van der Waals surface area contributed by atoms with E-state index in [1.54, 1.807) is 24.4 Å². The van der Waals surface area contributed by atoms with Gasteiger partial charge in [0.15, 0.2) is 5.76 Å². The molecule has 7 nitrogen and oxygen atoms in total. The summed E-state index contributed by atoms with van der Waals surface area (Å²) in [7, 11) is 0. The van der Waals surface area contributed by atoms with Gasteiger partial charge < -0.3 is 13.8 Å². The van der Waals surface area contributed by atoms with Crippen molar-refractivity contribution in [1.82, 2.24) is 15.3 Å². The van der Waals surface area contributed by atoms with Crippen LogP contribution in [0.4, 0.5) is 0 Å². The van der Waals surface area contributed by atoms with Gasteiger partial charge in [-0.25, -0.2) is 9.78 Å². The predicted octanol–water partition coefficient (Wildman–Crippen LogP) is 4.68. The summed E-state index contributed by atoms with van der Waals surface area (Å²) in [6.45, 7) is 1.84. The number of rotatable bonds is 7. The molecule has 3 aromatic heterocycles. The Kier molecular flexibility index (Phi) is 5.71. The minimum atomic E-state index is -0.471. The second-order valence-electron chi connectivity index (χ2n) is 6.20. The minimum Gasteiger partial charge on any atom is -0.455 e. The largest absolute Gasteiger partial charge is 0.455 e. The number of esters is 1. The van der Waals surface area contributed by atoms with E-state index in [1.807, 2.05) is 43.3 Å². The van der Waals surface area contributed by atoms with Crippen LogP contribution in [0.5, 0.6) is 0 Å². The first kappa shape index (κ1) is 18.9. The second-order valence-corrected chi connectivity index (χ2v) is 7.16. The number of thioether (sulfide) groups is 1. The lowest BCUT2D eigenvalue weighted by Crippen LogP contribution is -2.07. The van der Waals surface area contributed by atoms with Crippen LogP contribution in [0.25, 0.3) is 11.3 Å². The summed E-state index contributed by atoms with van der Waals surface area (Å²) in [5.41, 5.74) is 2.62. The van der Waals surface area contributed by atoms with E-state index in [9.17, 15) is 4.79 Å². The highest BCUT2D eigenvalue weighted by Gasteiger charge is 2.16.